The molecule has 100 valence electrons. The van der Waals surface area contributed by atoms with Gasteiger partial charge < -0.3 is 10.4 Å². The van der Waals surface area contributed by atoms with Crippen LogP contribution < -0.4 is 5.32 Å². The highest BCUT2D eigenvalue weighted by Crippen LogP contribution is 2.31. The topological polar surface area (TPSA) is 58.0 Å². The summed E-state index contributed by atoms with van der Waals surface area (Å²) in [6.45, 7) is 3.15. The summed E-state index contributed by atoms with van der Waals surface area (Å²) in [4.78, 5) is 8.53. The Bertz CT molecular complexity index is 400. The Morgan fingerprint density at radius 3 is 2.89 bits per heavy atom. The lowest BCUT2D eigenvalue weighted by molar-refractivity contribution is 0.199. The number of nitrogens with one attached hydrogen (secondary N) is 1. The van der Waals surface area contributed by atoms with E-state index in [4.69, 9.17) is 11.6 Å². The largest absolute Gasteiger partial charge is 0.396 e. The number of aromatic nitrogens is 2. The third-order valence-electron chi connectivity index (χ3n) is 3.65. The van der Waals surface area contributed by atoms with E-state index in [9.17, 15) is 5.11 Å². The van der Waals surface area contributed by atoms with E-state index in [0.717, 1.165) is 31.0 Å². The van der Waals surface area contributed by atoms with Gasteiger partial charge in [0.05, 0.1) is 0 Å². The van der Waals surface area contributed by atoms with Gasteiger partial charge >= 0.3 is 0 Å². The van der Waals surface area contributed by atoms with Gasteiger partial charge in [-0.15, -0.1) is 0 Å². The van der Waals surface area contributed by atoms with Crippen LogP contribution in [0.25, 0.3) is 0 Å². The van der Waals surface area contributed by atoms with Gasteiger partial charge in [0.15, 0.2) is 0 Å². The van der Waals surface area contributed by atoms with Crippen LogP contribution in [0.2, 0.25) is 5.15 Å². The van der Waals surface area contributed by atoms with Crippen molar-refractivity contribution >= 4 is 17.4 Å². The molecule has 0 bridgehead atoms. The molecule has 2 atom stereocenters. The van der Waals surface area contributed by atoms with Crippen molar-refractivity contribution in [3.8, 4) is 0 Å². The Morgan fingerprint density at radius 2 is 2.17 bits per heavy atom. The highest BCUT2D eigenvalue weighted by Gasteiger charge is 2.26. The van der Waals surface area contributed by atoms with Gasteiger partial charge in [-0.1, -0.05) is 24.9 Å². The summed E-state index contributed by atoms with van der Waals surface area (Å²) in [7, 11) is 0. The van der Waals surface area contributed by atoms with Crippen LogP contribution in [-0.4, -0.2) is 28.2 Å². The maximum Gasteiger partial charge on any atom is 0.134 e. The predicted molar refractivity (Wildman–Crippen MR) is 72.8 cm³/mol. The van der Waals surface area contributed by atoms with Crippen LogP contribution in [0.4, 0.5) is 5.82 Å². The van der Waals surface area contributed by atoms with Gasteiger partial charge in [0, 0.05) is 25.6 Å². The van der Waals surface area contributed by atoms with Crippen molar-refractivity contribution in [3.05, 3.63) is 17.0 Å². The zero-order valence-corrected chi connectivity index (χ0v) is 11.5. The standard InChI is InChI=1S/C13H20ClN3O/c1-2-12-16-11(14)6-13(17-12)15-7-9-4-3-5-10(9)8-18/h6,9-10,18H,2-5,7-8H2,1H3,(H,15,16,17). The van der Waals surface area contributed by atoms with E-state index >= 15 is 0 Å². The lowest BCUT2D eigenvalue weighted by Gasteiger charge is -2.18. The highest BCUT2D eigenvalue weighted by molar-refractivity contribution is 6.29. The second-order valence-electron chi connectivity index (χ2n) is 4.86. The van der Waals surface area contributed by atoms with E-state index in [1.54, 1.807) is 6.07 Å². The summed E-state index contributed by atoms with van der Waals surface area (Å²) < 4.78 is 0. The molecule has 1 heterocycles. The Balaban J connectivity index is 1.95. The first-order valence-corrected chi connectivity index (χ1v) is 6.99. The number of halogens is 1. The molecule has 1 saturated carbocycles. The smallest absolute Gasteiger partial charge is 0.134 e. The van der Waals surface area contributed by atoms with E-state index < -0.39 is 0 Å². The fraction of sp³-hybridized carbons (Fsp3) is 0.692. The van der Waals surface area contributed by atoms with Gasteiger partial charge in [0.1, 0.15) is 16.8 Å². The summed E-state index contributed by atoms with van der Waals surface area (Å²) in [5.41, 5.74) is 0. The first-order valence-electron chi connectivity index (χ1n) is 6.61. The molecule has 1 aliphatic rings. The number of hydrogen-bond donors (Lipinski definition) is 2. The molecule has 0 aliphatic heterocycles. The lowest BCUT2D eigenvalue weighted by Crippen LogP contribution is -2.21. The Labute approximate surface area is 113 Å². The molecular weight excluding hydrogens is 250 g/mol. The average molecular weight is 270 g/mol. The van der Waals surface area contributed by atoms with E-state index in [2.05, 4.69) is 15.3 Å². The second-order valence-corrected chi connectivity index (χ2v) is 5.25. The number of nitrogens with zero attached hydrogens (tertiary/aromatic N) is 2. The minimum atomic E-state index is 0.289. The van der Waals surface area contributed by atoms with Crippen molar-refractivity contribution in [1.82, 2.24) is 9.97 Å². The number of aryl methyl sites for hydroxylation is 1. The number of hydrogen-bond acceptors (Lipinski definition) is 4. The molecule has 0 saturated heterocycles. The number of aliphatic hydroxyl groups is 1. The summed E-state index contributed by atoms with van der Waals surface area (Å²) in [5.74, 6) is 2.51. The van der Waals surface area contributed by atoms with Crippen molar-refractivity contribution in [2.75, 3.05) is 18.5 Å². The minimum Gasteiger partial charge on any atom is -0.396 e. The highest BCUT2D eigenvalue weighted by atomic mass is 35.5. The molecule has 18 heavy (non-hydrogen) atoms. The Morgan fingerprint density at radius 1 is 1.39 bits per heavy atom. The van der Waals surface area contributed by atoms with Crippen LogP contribution in [-0.2, 0) is 6.42 Å². The molecule has 2 N–H and O–H groups in total. The fourth-order valence-electron chi connectivity index (χ4n) is 2.57. The van der Waals surface area contributed by atoms with E-state index in [-0.39, 0.29) is 6.61 Å². The molecular formula is C13H20ClN3O. The average Bonchev–Trinajstić information content (AvgIpc) is 2.83. The summed E-state index contributed by atoms with van der Waals surface area (Å²) in [6, 6.07) is 1.75. The molecule has 0 spiro atoms. The molecule has 4 nitrogen and oxygen atoms in total. The van der Waals surface area contributed by atoms with E-state index in [1.165, 1.54) is 12.8 Å². The summed E-state index contributed by atoms with van der Waals surface area (Å²) in [6.07, 6.45) is 4.30. The third kappa shape index (κ3) is 3.33. The normalized spacial score (nSPS) is 23.3. The third-order valence-corrected chi connectivity index (χ3v) is 3.85. The second kappa shape index (κ2) is 6.34. The SMILES string of the molecule is CCc1nc(Cl)cc(NCC2CCCC2CO)n1. The van der Waals surface area contributed by atoms with Crippen LogP contribution in [0.5, 0.6) is 0 Å². The van der Waals surface area contributed by atoms with Gasteiger partial charge in [-0.2, -0.15) is 0 Å². The fourth-order valence-corrected chi connectivity index (χ4v) is 2.77. The van der Waals surface area contributed by atoms with E-state index in [1.807, 2.05) is 6.92 Å². The van der Waals surface area contributed by atoms with Gasteiger partial charge in [0.2, 0.25) is 0 Å². The zero-order valence-electron chi connectivity index (χ0n) is 10.7. The molecule has 0 amide bonds. The maximum absolute atomic E-state index is 9.29. The molecule has 0 aromatic carbocycles. The maximum atomic E-state index is 9.29. The number of aliphatic hydroxyl groups excluding tert-OH is 1. The number of rotatable bonds is 5. The van der Waals surface area contributed by atoms with Gasteiger partial charge in [-0.25, -0.2) is 9.97 Å². The molecule has 2 rings (SSSR count). The lowest BCUT2D eigenvalue weighted by atomic mass is 9.97. The van der Waals surface area contributed by atoms with Crippen LogP contribution >= 0.6 is 11.6 Å². The van der Waals surface area contributed by atoms with Gasteiger partial charge in [-0.05, 0) is 24.7 Å². The molecule has 0 radical (unpaired) electrons. The first-order chi connectivity index (χ1) is 8.72. The monoisotopic (exact) mass is 269 g/mol. The van der Waals surface area contributed by atoms with Crippen molar-refractivity contribution in [3.63, 3.8) is 0 Å². The predicted octanol–water partition coefficient (Wildman–Crippen LogP) is 2.51. The van der Waals surface area contributed by atoms with Crippen molar-refractivity contribution < 1.29 is 5.11 Å². The van der Waals surface area contributed by atoms with Gasteiger partial charge in [0.25, 0.3) is 0 Å². The molecule has 2 unspecified atom stereocenters. The zero-order chi connectivity index (χ0) is 13.0. The van der Waals surface area contributed by atoms with Crippen molar-refractivity contribution in [1.29, 1.82) is 0 Å². The summed E-state index contributed by atoms with van der Waals surface area (Å²) in [5, 5.41) is 13.1. The molecule has 1 aromatic rings. The molecule has 1 fully saturated rings. The molecule has 1 aromatic heterocycles. The van der Waals surface area contributed by atoms with E-state index in [0.29, 0.717) is 17.0 Å². The van der Waals surface area contributed by atoms with Crippen LogP contribution in [0.1, 0.15) is 32.0 Å². The van der Waals surface area contributed by atoms with Crippen LogP contribution in [0.3, 0.4) is 0 Å². The van der Waals surface area contributed by atoms with Crippen LogP contribution in [0.15, 0.2) is 6.07 Å². The minimum absolute atomic E-state index is 0.289. The first kappa shape index (κ1) is 13.6. The van der Waals surface area contributed by atoms with Crippen LogP contribution in [0, 0.1) is 11.8 Å². The quantitative estimate of drug-likeness (QED) is 0.807. The number of anilines is 1. The Hall–Kier alpha value is -0.870. The molecule has 5 heteroatoms. The van der Waals surface area contributed by atoms with Crippen molar-refractivity contribution in [2.45, 2.75) is 32.6 Å². The summed E-state index contributed by atoms with van der Waals surface area (Å²) >= 11 is 5.95. The Kier molecular flexibility index (Phi) is 4.78. The van der Waals surface area contributed by atoms with Gasteiger partial charge in [-0.3, -0.25) is 0 Å². The van der Waals surface area contributed by atoms with Crippen molar-refractivity contribution in [2.24, 2.45) is 11.8 Å². The molecule has 1 aliphatic carbocycles.